The molecule has 6 atom stereocenters. The summed E-state index contributed by atoms with van der Waals surface area (Å²) in [7, 11) is 0. The molecular formula is C24H34O4. The summed E-state index contributed by atoms with van der Waals surface area (Å²) >= 11 is 0. The van der Waals surface area contributed by atoms with Gasteiger partial charge in [-0.15, -0.1) is 0 Å². The Bertz CT molecular complexity index is 729. The third kappa shape index (κ3) is 3.29. The molecule has 28 heavy (non-hydrogen) atoms. The van der Waals surface area contributed by atoms with Crippen molar-refractivity contribution in [3.63, 3.8) is 0 Å². The van der Waals surface area contributed by atoms with Gasteiger partial charge in [-0.3, -0.25) is 0 Å². The summed E-state index contributed by atoms with van der Waals surface area (Å²) in [5.41, 5.74) is 2.81. The molecule has 3 aliphatic rings. The molecule has 3 aliphatic carbocycles. The van der Waals surface area contributed by atoms with E-state index in [0.29, 0.717) is 36.0 Å². The fourth-order valence-corrected chi connectivity index (χ4v) is 6.56. The number of benzene rings is 1. The topological polar surface area (TPSA) is 55.8 Å². The first-order chi connectivity index (χ1) is 13.4. The highest BCUT2D eigenvalue weighted by molar-refractivity contribution is 5.60. The molecule has 154 valence electrons. The predicted molar refractivity (Wildman–Crippen MR) is 108 cm³/mol. The van der Waals surface area contributed by atoms with E-state index in [4.69, 9.17) is 9.47 Å². The van der Waals surface area contributed by atoms with E-state index in [1.807, 2.05) is 12.1 Å². The zero-order valence-corrected chi connectivity index (χ0v) is 17.4. The lowest BCUT2D eigenvalue weighted by molar-refractivity contribution is -0.0617. The number of fused-ring (bicyclic) bond motifs is 5. The number of rotatable bonds is 4. The number of hydrogen-bond acceptors (Lipinski definition) is 4. The van der Waals surface area contributed by atoms with Gasteiger partial charge >= 0.3 is 6.16 Å². The number of carbonyl (C=O) groups is 1. The fraction of sp³-hybridized carbons (Fsp3) is 0.708. The number of unbranched alkanes of at least 4 members (excludes halogenated alkanes) is 1. The molecule has 0 amide bonds. The van der Waals surface area contributed by atoms with Crippen LogP contribution in [0.5, 0.6) is 5.75 Å². The minimum atomic E-state index is -0.486. The maximum Gasteiger partial charge on any atom is 0.508 e. The molecule has 0 bridgehead atoms. The Hall–Kier alpha value is -1.71. The minimum Gasteiger partial charge on any atom is -0.508 e. The van der Waals surface area contributed by atoms with Crippen molar-refractivity contribution in [3.05, 3.63) is 29.3 Å². The van der Waals surface area contributed by atoms with E-state index < -0.39 is 6.16 Å². The van der Waals surface area contributed by atoms with E-state index in [1.54, 1.807) is 0 Å². The first-order valence-electron chi connectivity index (χ1n) is 11.1. The van der Waals surface area contributed by atoms with E-state index >= 15 is 0 Å². The Morgan fingerprint density at radius 1 is 1.29 bits per heavy atom. The summed E-state index contributed by atoms with van der Waals surface area (Å²) in [6.45, 7) is 7.24. The Morgan fingerprint density at radius 2 is 2.11 bits per heavy atom. The number of hydrogen-bond donors (Lipinski definition) is 1. The zero-order chi connectivity index (χ0) is 19.9. The Kier molecular flexibility index (Phi) is 5.32. The molecule has 2 fully saturated rings. The van der Waals surface area contributed by atoms with E-state index in [-0.39, 0.29) is 11.5 Å². The summed E-state index contributed by atoms with van der Waals surface area (Å²) in [4.78, 5) is 12.2. The highest BCUT2D eigenvalue weighted by atomic mass is 16.7. The lowest BCUT2D eigenvalue weighted by atomic mass is 9.53. The molecule has 1 aromatic rings. The van der Waals surface area contributed by atoms with Crippen molar-refractivity contribution in [1.82, 2.24) is 0 Å². The standard InChI is InChI=1S/C24H34O4/c1-4-5-12-27-23(26)28-21-9-8-20-22-15(2)13-16-14-17(25)6-7-18(16)19(22)10-11-24(20,21)3/h6-7,14-15,19-22,25H,4-5,8-13H2,1-3H3/t15-,19?,20?,21-,22?,24-/m0/s1. The maximum absolute atomic E-state index is 12.2. The molecule has 0 spiro atoms. The SMILES string of the molecule is CCCCOC(=O)O[C@H]1CCC2C3C(CC[C@@]21C)c1ccc(O)cc1C[C@@H]3C. The largest absolute Gasteiger partial charge is 0.508 e. The van der Waals surface area contributed by atoms with Crippen molar-refractivity contribution in [1.29, 1.82) is 0 Å². The van der Waals surface area contributed by atoms with Crippen LogP contribution in [-0.2, 0) is 15.9 Å². The van der Waals surface area contributed by atoms with Gasteiger partial charge in [0, 0.05) is 5.41 Å². The quantitative estimate of drug-likeness (QED) is 0.523. The molecule has 0 aliphatic heterocycles. The molecular weight excluding hydrogens is 352 g/mol. The smallest absolute Gasteiger partial charge is 0.508 e. The van der Waals surface area contributed by atoms with Crippen LogP contribution >= 0.6 is 0 Å². The molecule has 4 nitrogen and oxygen atoms in total. The highest BCUT2D eigenvalue weighted by Crippen LogP contribution is 2.62. The molecule has 2 saturated carbocycles. The van der Waals surface area contributed by atoms with Crippen LogP contribution < -0.4 is 0 Å². The van der Waals surface area contributed by atoms with Crippen LogP contribution in [0.3, 0.4) is 0 Å². The molecule has 1 N–H and O–H groups in total. The van der Waals surface area contributed by atoms with Gasteiger partial charge in [0.1, 0.15) is 11.9 Å². The van der Waals surface area contributed by atoms with Gasteiger partial charge in [-0.2, -0.15) is 0 Å². The second-order valence-corrected chi connectivity index (χ2v) is 9.54. The summed E-state index contributed by atoms with van der Waals surface area (Å²) in [6.07, 6.45) is 6.70. The predicted octanol–water partition coefficient (Wildman–Crippen LogP) is 5.82. The van der Waals surface area contributed by atoms with Gasteiger partial charge in [0.25, 0.3) is 0 Å². The van der Waals surface area contributed by atoms with Gasteiger partial charge in [0.05, 0.1) is 6.61 Å². The Balaban J connectivity index is 1.51. The molecule has 1 aromatic carbocycles. The maximum atomic E-state index is 12.2. The number of carbonyl (C=O) groups excluding carboxylic acids is 1. The summed E-state index contributed by atoms with van der Waals surface area (Å²) in [6, 6.07) is 5.94. The van der Waals surface area contributed by atoms with Gasteiger partial charge in [0.2, 0.25) is 0 Å². The summed E-state index contributed by atoms with van der Waals surface area (Å²) in [5, 5.41) is 9.90. The fourth-order valence-electron chi connectivity index (χ4n) is 6.56. The van der Waals surface area contributed by atoms with Gasteiger partial charge in [0.15, 0.2) is 0 Å². The lowest BCUT2D eigenvalue weighted by Gasteiger charge is -2.52. The summed E-state index contributed by atoms with van der Waals surface area (Å²) < 4.78 is 11.1. The molecule has 4 heteroatoms. The van der Waals surface area contributed by atoms with Crippen molar-refractivity contribution in [3.8, 4) is 5.75 Å². The van der Waals surface area contributed by atoms with E-state index in [1.165, 1.54) is 11.1 Å². The van der Waals surface area contributed by atoms with Crippen molar-refractivity contribution >= 4 is 6.16 Å². The van der Waals surface area contributed by atoms with Gasteiger partial charge in [-0.05, 0) is 85.5 Å². The molecule has 3 unspecified atom stereocenters. The lowest BCUT2D eigenvalue weighted by Crippen LogP contribution is -2.47. The van der Waals surface area contributed by atoms with Gasteiger partial charge in [-0.25, -0.2) is 4.79 Å². The van der Waals surface area contributed by atoms with Crippen LogP contribution in [0, 0.1) is 23.2 Å². The van der Waals surface area contributed by atoms with Crippen molar-refractivity contribution < 1.29 is 19.4 Å². The molecule has 0 saturated heterocycles. The molecule has 0 heterocycles. The zero-order valence-electron chi connectivity index (χ0n) is 17.4. The Morgan fingerprint density at radius 3 is 2.89 bits per heavy atom. The number of phenols is 1. The van der Waals surface area contributed by atoms with Crippen LogP contribution in [0.25, 0.3) is 0 Å². The van der Waals surface area contributed by atoms with Crippen LogP contribution in [-0.4, -0.2) is 24.0 Å². The van der Waals surface area contributed by atoms with E-state index in [0.717, 1.165) is 44.9 Å². The third-order valence-corrected chi connectivity index (χ3v) is 7.93. The monoisotopic (exact) mass is 386 g/mol. The molecule has 0 aromatic heterocycles. The van der Waals surface area contributed by atoms with Crippen LogP contribution in [0.15, 0.2) is 18.2 Å². The second kappa shape index (κ2) is 7.61. The van der Waals surface area contributed by atoms with Crippen molar-refractivity contribution in [2.75, 3.05) is 6.61 Å². The Labute approximate surface area is 168 Å². The highest BCUT2D eigenvalue weighted by Gasteiger charge is 2.57. The van der Waals surface area contributed by atoms with Crippen molar-refractivity contribution in [2.45, 2.75) is 77.7 Å². The van der Waals surface area contributed by atoms with Crippen LogP contribution in [0.1, 0.15) is 76.3 Å². The van der Waals surface area contributed by atoms with Crippen LogP contribution in [0.4, 0.5) is 4.79 Å². The minimum absolute atomic E-state index is 0.0269. The summed E-state index contributed by atoms with van der Waals surface area (Å²) in [5.74, 6) is 2.73. The third-order valence-electron chi connectivity index (χ3n) is 7.93. The normalized spacial score (nSPS) is 36.2. The first-order valence-corrected chi connectivity index (χ1v) is 11.1. The number of aromatic hydroxyl groups is 1. The average molecular weight is 387 g/mol. The van der Waals surface area contributed by atoms with Crippen molar-refractivity contribution in [2.24, 2.45) is 23.2 Å². The first kappa shape index (κ1) is 19.6. The number of ether oxygens (including phenoxy) is 2. The van der Waals surface area contributed by atoms with Crippen LogP contribution in [0.2, 0.25) is 0 Å². The van der Waals surface area contributed by atoms with Gasteiger partial charge in [-0.1, -0.05) is 33.3 Å². The van der Waals surface area contributed by atoms with E-state index in [9.17, 15) is 9.90 Å². The van der Waals surface area contributed by atoms with Gasteiger partial charge < -0.3 is 14.6 Å². The molecule has 0 radical (unpaired) electrons. The average Bonchev–Trinajstić information content (AvgIpc) is 2.98. The second-order valence-electron chi connectivity index (χ2n) is 9.54. The number of phenolic OH excluding ortho intramolecular Hbond substituents is 1. The van der Waals surface area contributed by atoms with E-state index in [2.05, 4.69) is 26.8 Å². The molecule has 4 rings (SSSR count).